The Morgan fingerprint density at radius 3 is 2.73 bits per heavy atom. The molecule has 0 spiro atoms. The first-order valence-corrected chi connectivity index (χ1v) is 9.20. The summed E-state index contributed by atoms with van der Waals surface area (Å²) in [5, 5.41) is 0. The monoisotopic (exact) mass is 349 g/mol. The van der Waals surface area contributed by atoms with Crippen LogP contribution in [0.15, 0.2) is 54.9 Å². The van der Waals surface area contributed by atoms with E-state index in [1.165, 1.54) is 0 Å². The number of piperidine rings is 1. The predicted molar refractivity (Wildman–Crippen MR) is 99.7 cm³/mol. The van der Waals surface area contributed by atoms with Crippen molar-refractivity contribution in [3.05, 3.63) is 60.4 Å². The second kappa shape index (κ2) is 6.90. The van der Waals surface area contributed by atoms with E-state index in [0.717, 1.165) is 30.5 Å². The van der Waals surface area contributed by atoms with Crippen LogP contribution >= 0.6 is 0 Å². The van der Waals surface area contributed by atoms with E-state index in [9.17, 15) is 9.59 Å². The number of hydrogen-bond donors (Lipinski definition) is 0. The van der Waals surface area contributed by atoms with Crippen LogP contribution in [0.1, 0.15) is 30.7 Å². The maximum atomic E-state index is 13.0. The Labute approximate surface area is 153 Å². The third-order valence-corrected chi connectivity index (χ3v) is 5.51. The minimum atomic E-state index is -0.369. The zero-order valence-electron chi connectivity index (χ0n) is 14.9. The van der Waals surface area contributed by atoms with Gasteiger partial charge in [-0.25, -0.2) is 0 Å². The molecule has 2 amide bonds. The third-order valence-electron chi connectivity index (χ3n) is 5.51. The molecule has 5 heteroatoms. The number of carbonyl (C=O) groups excluding carboxylic acids is 2. The van der Waals surface area contributed by atoms with E-state index in [1.807, 2.05) is 53.6 Å². The first kappa shape index (κ1) is 16.8. The van der Waals surface area contributed by atoms with Gasteiger partial charge in [0.2, 0.25) is 11.8 Å². The van der Waals surface area contributed by atoms with E-state index in [2.05, 4.69) is 4.98 Å². The summed E-state index contributed by atoms with van der Waals surface area (Å²) >= 11 is 0. The van der Waals surface area contributed by atoms with E-state index in [1.54, 1.807) is 18.1 Å². The first-order valence-electron chi connectivity index (χ1n) is 9.20. The Kier molecular flexibility index (Phi) is 4.45. The van der Waals surface area contributed by atoms with Gasteiger partial charge in [0.25, 0.3) is 0 Å². The van der Waals surface area contributed by atoms with Crippen molar-refractivity contribution in [3.8, 4) is 0 Å². The van der Waals surface area contributed by atoms with Crippen molar-refractivity contribution >= 4 is 17.5 Å². The van der Waals surface area contributed by atoms with Crippen molar-refractivity contribution in [1.29, 1.82) is 0 Å². The van der Waals surface area contributed by atoms with Gasteiger partial charge in [0.15, 0.2) is 0 Å². The number of hydrogen-bond acceptors (Lipinski definition) is 3. The molecule has 2 heterocycles. The minimum Gasteiger partial charge on any atom is -0.333 e. The predicted octanol–water partition coefficient (Wildman–Crippen LogP) is 2.84. The van der Waals surface area contributed by atoms with Crippen LogP contribution in [0.5, 0.6) is 0 Å². The molecule has 26 heavy (non-hydrogen) atoms. The summed E-state index contributed by atoms with van der Waals surface area (Å²) in [5.74, 6) is 0.315. The molecule has 1 saturated heterocycles. The summed E-state index contributed by atoms with van der Waals surface area (Å²) in [6.07, 6.45) is 6.06. The van der Waals surface area contributed by atoms with Crippen LogP contribution in [-0.2, 0) is 9.59 Å². The lowest BCUT2D eigenvalue weighted by atomic mass is 10.0. The lowest BCUT2D eigenvalue weighted by Crippen LogP contribution is -2.53. The highest BCUT2D eigenvalue weighted by atomic mass is 16.2. The first-order chi connectivity index (χ1) is 12.7. The molecule has 1 aliphatic carbocycles. The Morgan fingerprint density at radius 1 is 1.19 bits per heavy atom. The minimum absolute atomic E-state index is 0.0240. The van der Waals surface area contributed by atoms with Gasteiger partial charge >= 0.3 is 0 Å². The van der Waals surface area contributed by atoms with E-state index >= 15 is 0 Å². The van der Waals surface area contributed by atoms with Gasteiger partial charge in [0.05, 0.1) is 0 Å². The van der Waals surface area contributed by atoms with Gasteiger partial charge in [0, 0.05) is 37.6 Å². The Morgan fingerprint density at radius 2 is 2.00 bits per heavy atom. The van der Waals surface area contributed by atoms with Gasteiger partial charge in [-0.2, -0.15) is 0 Å². The molecular formula is C21H23N3O2. The van der Waals surface area contributed by atoms with Crippen LogP contribution in [0.3, 0.4) is 0 Å². The van der Waals surface area contributed by atoms with Gasteiger partial charge in [-0.15, -0.1) is 0 Å². The van der Waals surface area contributed by atoms with Gasteiger partial charge in [0.1, 0.15) is 6.04 Å². The molecular weight excluding hydrogens is 326 g/mol. The highest BCUT2D eigenvalue weighted by Crippen LogP contribution is 2.48. The second-order valence-corrected chi connectivity index (χ2v) is 7.17. The van der Waals surface area contributed by atoms with Crippen LogP contribution in [0.4, 0.5) is 5.69 Å². The number of likely N-dealkylation sites (N-methyl/N-ethyl adjacent to an activating group) is 1. The third kappa shape index (κ3) is 3.09. The maximum absolute atomic E-state index is 13.0. The molecule has 134 valence electrons. The van der Waals surface area contributed by atoms with Crippen molar-refractivity contribution in [2.45, 2.75) is 31.2 Å². The molecule has 0 unspecified atom stereocenters. The number of aromatic nitrogens is 1. The van der Waals surface area contributed by atoms with Gasteiger partial charge in [-0.3, -0.25) is 14.6 Å². The summed E-state index contributed by atoms with van der Waals surface area (Å²) in [6, 6.07) is 13.3. The molecule has 2 aliphatic rings. The fraction of sp³-hybridized carbons (Fsp3) is 0.381. The molecule has 5 nitrogen and oxygen atoms in total. The topological polar surface area (TPSA) is 53.5 Å². The number of rotatable bonds is 4. The lowest BCUT2D eigenvalue weighted by molar-refractivity contribution is -0.140. The molecule has 2 fully saturated rings. The molecule has 1 aromatic carbocycles. The van der Waals surface area contributed by atoms with Crippen molar-refractivity contribution in [2.75, 3.05) is 18.5 Å². The Bertz CT molecular complexity index is 793. The Balaban J connectivity index is 1.45. The fourth-order valence-corrected chi connectivity index (χ4v) is 3.93. The molecule has 1 saturated carbocycles. The molecule has 1 aromatic heterocycles. The number of para-hydroxylation sites is 1. The molecule has 0 radical (unpaired) electrons. The lowest BCUT2D eigenvalue weighted by Gasteiger charge is -2.37. The van der Waals surface area contributed by atoms with Crippen molar-refractivity contribution < 1.29 is 9.59 Å². The smallest absolute Gasteiger partial charge is 0.249 e. The summed E-state index contributed by atoms with van der Waals surface area (Å²) in [4.78, 5) is 33.5. The van der Waals surface area contributed by atoms with Crippen LogP contribution in [0, 0.1) is 5.92 Å². The number of amides is 2. The van der Waals surface area contributed by atoms with Crippen molar-refractivity contribution in [2.24, 2.45) is 5.92 Å². The normalized spacial score (nSPS) is 25.0. The molecule has 1 aliphatic heterocycles. The summed E-state index contributed by atoms with van der Waals surface area (Å²) in [5.41, 5.74) is 2.02. The average molecular weight is 349 g/mol. The number of pyridine rings is 1. The van der Waals surface area contributed by atoms with Crippen molar-refractivity contribution in [1.82, 2.24) is 9.88 Å². The van der Waals surface area contributed by atoms with E-state index in [0.29, 0.717) is 6.54 Å². The number of carbonyl (C=O) groups is 2. The highest BCUT2D eigenvalue weighted by Gasteiger charge is 2.47. The standard InChI is InChI=1S/C21H23N3O2/c1-23(20(25)18-13-17(18)15-7-5-11-22-14-15)19-10-6-12-24(21(19)26)16-8-3-2-4-9-16/h2-5,7-9,11,14,17-19H,6,10,12-13H2,1H3/t17-,18-,19+/m1/s1. The highest BCUT2D eigenvalue weighted by molar-refractivity contribution is 6.00. The quantitative estimate of drug-likeness (QED) is 0.853. The fourth-order valence-electron chi connectivity index (χ4n) is 3.93. The maximum Gasteiger partial charge on any atom is 0.249 e. The van der Waals surface area contributed by atoms with Gasteiger partial charge < -0.3 is 9.80 Å². The molecule has 3 atom stereocenters. The SMILES string of the molecule is CN(C(=O)[C@@H]1C[C@@H]1c1cccnc1)[C@H]1CCCN(c2ccccc2)C1=O. The molecule has 4 rings (SSSR count). The summed E-state index contributed by atoms with van der Waals surface area (Å²) in [7, 11) is 1.78. The molecule has 0 N–H and O–H groups in total. The number of nitrogens with zero attached hydrogens (tertiary/aromatic N) is 3. The number of benzene rings is 1. The van der Waals surface area contributed by atoms with Crippen molar-refractivity contribution in [3.63, 3.8) is 0 Å². The second-order valence-electron chi connectivity index (χ2n) is 7.17. The molecule has 0 bridgehead atoms. The van der Waals surface area contributed by atoms with Gasteiger partial charge in [-0.05, 0) is 48.9 Å². The Hall–Kier alpha value is -2.69. The number of anilines is 1. The van der Waals surface area contributed by atoms with E-state index < -0.39 is 0 Å². The van der Waals surface area contributed by atoms with Crippen LogP contribution in [-0.4, -0.2) is 41.3 Å². The largest absolute Gasteiger partial charge is 0.333 e. The van der Waals surface area contributed by atoms with Gasteiger partial charge in [-0.1, -0.05) is 24.3 Å². The summed E-state index contributed by atoms with van der Waals surface area (Å²) < 4.78 is 0. The van der Waals surface area contributed by atoms with E-state index in [4.69, 9.17) is 0 Å². The average Bonchev–Trinajstić information content (AvgIpc) is 3.49. The zero-order chi connectivity index (χ0) is 18.1. The molecule has 2 aromatic rings. The van der Waals surface area contributed by atoms with Crippen LogP contribution < -0.4 is 4.90 Å². The van der Waals surface area contributed by atoms with Crippen LogP contribution in [0.25, 0.3) is 0 Å². The van der Waals surface area contributed by atoms with Crippen LogP contribution in [0.2, 0.25) is 0 Å². The summed E-state index contributed by atoms with van der Waals surface area (Å²) in [6.45, 7) is 0.711. The van der Waals surface area contributed by atoms with E-state index in [-0.39, 0.29) is 29.7 Å². The zero-order valence-corrected chi connectivity index (χ0v) is 14.9.